The maximum Gasteiger partial charge on any atom is 0.158 e. The van der Waals surface area contributed by atoms with Gasteiger partial charge in [0.25, 0.3) is 0 Å². The van der Waals surface area contributed by atoms with Gasteiger partial charge in [-0.3, -0.25) is 4.99 Å². The molecule has 148 valence electrons. The van der Waals surface area contributed by atoms with Gasteiger partial charge in [0.1, 0.15) is 6.04 Å². The zero-order valence-corrected chi connectivity index (χ0v) is 18.1. The molecule has 1 heterocycles. The molecule has 0 fully saturated rings. The van der Waals surface area contributed by atoms with Crippen LogP contribution in [-0.2, 0) is 11.2 Å². The van der Waals surface area contributed by atoms with Crippen LogP contribution in [0, 0.1) is 0 Å². The molecule has 4 rings (SSSR count). The highest BCUT2D eigenvalue weighted by Gasteiger charge is 2.31. The number of thioether (sulfide) groups is 1. The summed E-state index contributed by atoms with van der Waals surface area (Å²) in [4.78, 5) is 5.06. The number of aliphatic imine (C=N–C) groups is 1. The SMILES string of the molecule is CC(C)(C)c1ccc(CSC2=N[C@H](c3ccccc3)[C@H](c3ccccc3)N2)cc1. The van der Waals surface area contributed by atoms with Gasteiger partial charge in [0.05, 0.1) is 6.04 Å². The van der Waals surface area contributed by atoms with Crippen LogP contribution in [0.4, 0.5) is 0 Å². The van der Waals surface area contributed by atoms with Crippen LogP contribution < -0.4 is 5.32 Å². The molecule has 1 N–H and O–H groups in total. The summed E-state index contributed by atoms with van der Waals surface area (Å²) in [6.07, 6.45) is 0. The van der Waals surface area contributed by atoms with Gasteiger partial charge in [0.15, 0.2) is 5.17 Å². The van der Waals surface area contributed by atoms with Crippen LogP contribution in [0.1, 0.15) is 55.1 Å². The van der Waals surface area contributed by atoms with Crippen molar-refractivity contribution >= 4 is 16.9 Å². The summed E-state index contributed by atoms with van der Waals surface area (Å²) in [6.45, 7) is 6.75. The Morgan fingerprint density at radius 2 is 1.38 bits per heavy atom. The lowest BCUT2D eigenvalue weighted by molar-refractivity contribution is 0.573. The number of hydrogen-bond donors (Lipinski definition) is 1. The van der Waals surface area contributed by atoms with E-state index < -0.39 is 0 Å². The Hall–Kier alpha value is -2.52. The van der Waals surface area contributed by atoms with Crippen molar-refractivity contribution in [3.63, 3.8) is 0 Å². The van der Waals surface area contributed by atoms with E-state index in [1.807, 2.05) is 0 Å². The van der Waals surface area contributed by atoms with Gasteiger partial charge in [0.2, 0.25) is 0 Å². The van der Waals surface area contributed by atoms with Crippen LogP contribution in [0.25, 0.3) is 0 Å². The quantitative estimate of drug-likeness (QED) is 0.529. The van der Waals surface area contributed by atoms with E-state index in [0.717, 1.165) is 10.9 Å². The van der Waals surface area contributed by atoms with Crippen LogP contribution in [0.2, 0.25) is 0 Å². The second-order valence-electron chi connectivity index (χ2n) is 8.56. The van der Waals surface area contributed by atoms with Crippen molar-refractivity contribution in [2.45, 2.75) is 44.0 Å². The Kier molecular flexibility index (Phi) is 5.77. The molecule has 3 aromatic carbocycles. The van der Waals surface area contributed by atoms with E-state index in [0.29, 0.717) is 0 Å². The van der Waals surface area contributed by atoms with Crippen LogP contribution in [-0.4, -0.2) is 5.17 Å². The van der Waals surface area contributed by atoms with Gasteiger partial charge in [-0.15, -0.1) is 0 Å². The van der Waals surface area contributed by atoms with Crippen molar-refractivity contribution in [2.75, 3.05) is 0 Å². The highest BCUT2D eigenvalue weighted by molar-refractivity contribution is 8.13. The Morgan fingerprint density at radius 1 is 0.793 bits per heavy atom. The second-order valence-corrected chi connectivity index (χ2v) is 9.52. The minimum Gasteiger partial charge on any atom is -0.356 e. The highest BCUT2D eigenvalue weighted by Crippen LogP contribution is 2.38. The Balaban J connectivity index is 1.50. The summed E-state index contributed by atoms with van der Waals surface area (Å²) in [5.41, 5.74) is 5.41. The first-order valence-corrected chi connectivity index (χ1v) is 11.2. The number of amidine groups is 1. The Bertz CT molecular complexity index is 957. The van der Waals surface area contributed by atoms with Gasteiger partial charge in [0, 0.05) is 5.75 Å². The van der Waals surface area contributed by atoms with E-state index in [4.69, 9.17) is 4.99 Å². The van der Waals surface area contributed by atoms with Gasteiger partial charge >= 0.3 is 0 Å². The maximum absolute atomic E-state index is 5.06. The summed E-state index contributed by atoms with van der Waals surface area (Å²) >= 11 is 1.79. The van der Waals surface area contributed by atoms with Crippen molar-refractivity contribution in [1.82, 2.24) is 5.32 Å². The molecule has 3 heteroatoms. The van der Waals surface area contributed by atoms with E-state index in [9.17, 15) is 0 Å². The first kappa shape index (κ1) is 19.8. The Labute approximate surface area is 178 Å². The topological polar surface area (TPSA) is 24.4 Å². The van der Waals surface area contributed by atoms with Crippen molar-refractivity contribution in [3.8, 4) is 0 Å². The molecule has 0 aromatic heterocycles. The monoisotopic (exact) mass is 400 g/mol. The first-order chi connectivity index (χ1) is 14.0. The van der Waals surface area contributed by atoms with Crippen molar-refractivity contribution in [1.29, 1.82) is 0 Å². The lowest BCUT2D eigenvalue weighted by Gasteiger charge is -2.19. The van der Waals surface area contributed by atoms with E-state index in [2.05, 4.69) is 111 Å². The summed E-state index contributed by atoms with van der Waals surface area (Å²) in [6, 6.07) is 30.5. The van der Waals surface area contributed by atoms with Gasteiger partial charge in [-0.05, 0) is 27.7 Å². The standard InChI is InChI=1S/C26H28N2S/c1-26(2,3)22-16-14-19(15-17-22)18-29-25-27-23(20-10-6-4-7-11-20)24(28-25)21-12-8-5-9-13-21/h4-17,23-24H,18H2,1-3H3,(H,27,28)/t23-,24+. The molecule has 3 aromatic rings. The van der Waals surface area contributed by atoms with Crippen LogP contribution in [0.15, 0.2) is 89.9 Å². The van der Waals surface area contributed by atoms with Crippen LogP contribution in [0.3, 0.4) is 0 Å². The molecular formula is C26H28N2S. The molecular weight excluding hydrogens is 372 g/mol. The third-order valence-electron chi connectivity index (χ3n) is 5.35. The number of nitrogens with zero attached hydrogens (tertiary/aromatic N) is 1. The third kappa shape index (κ3) is 4.73. The van der Waals surface area contributed by atoms with Crippen molar-refractivity contribution in [2.24, 2.45) is 4.99 Å². The molecule has 29 heavy (non-hydrogen) atoms. The fraction of sp³-hybridized carbons (Fsp3) is 0.269. The predicted molar refractivity (Wildman–Crippen MR) is 125 cm³/mol. The van der Waals surface area contributed by atoms with Crippen LogP contribution in [0.5, 0.6) is 0 Å². The third-order valence-corrected chi connectivity index (χ3v) is 6.32. The molecule has 1 aliphatic heterocycles. The second kappa shape index (κ2) is 8.46. The highest BCUT2D eigenvalue weighted by atomic mass is 32.2. The summed E-state index contributed by atoms with van der Waals surface area (Å²) < 4.78 is 0. The molecule has 0 aliphatic carbocycles. The average molecular weight is 401 g/mol. The van der Waals surface area contributed by atoms with Gasteiger partial charge in [-0.1, -0.05) is 117 Å². The minimum absolute atomic E-state index is 0.101. The lowest BCUT2D eigenvalue weighted by Crippen LogP contribution is -2.22. The summed E-state index contributed by atoms with van der Waals surface area (Å²) in [7, 11) is 0. The van der Waals surface area contributed by atoms with Crippen molar-refractivity contribution < 1.29 is 0 Å². The first-order valence-electron chi connectivity index (χ1n) is 10.2. The largest absolute Gasteiger partial charge is 0.356 e. The molecule has 0 saturated heterocycles. The van der Waals surface area contributed by atoms with E-state index in [1.54, 1.807) is 11.8 Å². The number of benzene rings is 3. The molecule has 0 saturated carbocycles. The lowest BCUT2D eigenvalue weighted by atomic mass is 9.87. The van der Waals surface area contributed by atoms with Gasteiger partial charge in [-0.2, -0.15) is 0 Å². The zero-order chi connectivity index (χ0) is 20.3. The van der Waals surface area contributed by atoms with E-state index in [1.165, 1.54) is 22.3 Å². The summed E-state index contributed by atoms with van der Waals surface area (Å²) in [5.74, 6) is 0.916. The molecule has 0 bridgehead atoms. The average Bonchev–Trinajstić information content (AvgIpc) is 3.18. The van der Waals surface area contributed by atoms with Gasteiger partial charge < -0.3 is 5.32 Å². The smallest absolute Gasteiger partial charge is 0.158 e. The zero-order valence-electron chi connectivity index (χ0n) is 17.3. The predicted octanol–water partition coefficient (Wildman–Crippen LogP) is 6.66. The minimum atomic E-state index is 0.101. The molecule has 2 atom stereocenters. The molecule has 2 nitrogen and oxygen atoms in total. The van der Waals surface area contributed by atoms with Gasteiger partial charge in [-0.25, -0.2) is 0 Å². The van der Waals surface area contributed by atoms with Crippen molar-refractivity contribution in [3.05, 3.63) is 107 Å². The molecule has 0 amide bonds. The number of hydrogen-bond acceptors (Lipinski definition) is 3. The molecule has 1 aliphatic rings. The fourth-order valence-corrected chi connectivity index (χ4v) is 4.52. The Morgan fingerprint density at radius 3 is 1.97 bits per heavy atom. The fourth-order valence-electron chi connectivity index (χ4n) is 3.62. The normalized spacial score (nSPS) is 18.9. The van der Waals surface area contributed by atoms with Crippen LogP contribution >= 0.6 is 11.8 Å². The molecule has 0 unspecified atom stereocenters. The molecule has 0 spiro atoms. The van der Waals surface area contributed by atoms with E-state index >= 15 is 0 Å². The van der Waals surface area contributed by atoms with E-state index in [-0.39, 0.29) is 17.5 Å². The molecule has 0 radical (unpaired) electrons. The summed E-state index contributed by atoms with van der Waals surface area (Å²) in [5, 5.41) is 4.70. The number of rotatable bonds is 4. The maximum atomic E-state index is 5.06. The number of nitrogens with one attached hydrogen (secondary N) is 1.